The number of hydrogen-bond acceptors (Lipinski definition) is 2. The number of aromatic nitrogens is 2. The Morgan fingerprint density at radius 1 is 1.47 bits per heavy atom. The summed E-state index contributed by atoms with van der Waals surface area (Å²) in [5, 5.41) is 7.22. The first-order valence-electron chi connectivity index (χ1n) is 5.62. The second-order valence-electron chi connectivity index (χ2n) is 4.36. The zero-order valence-electron chi connectivity index (χ0n) is 10.6. The molecule has 1 unspecified atom stereocenters. The van der Waals surface area contributed by atoms with Gasteiger partial charge in [-0.3, -0.25) is 9.67 Å². The minimum Gasteiger partial charge on any atom is -0.370 e. The molecule has 0 fully saturated rings. The van der Waals surface area contributed by atoms with E-state index in [0.717, 1.165) is 6.54 Å². The van der Waals surface area contributed by atoms with Crippen LogP contribution in [0, 0.1) is 5.92 Å². The largest absolute Gasteiger partial charge is 0.370 e. The fourth-order valence-corrected chi connectivity index (χ4v) is 1.38. The van der Waals surface area contributed by atoms with Crippen molar-refractivity contribution in [2.24, 2.45) is 16.6 Å². The highest BCUT2D eigenvalue weighted by molar-refractivity contribution is 14.0. The molecule has 1 aromatic heterocycles. The molecule has 0 amide bonds. The number of guanidine groups is 1. The summed E-state index contributed by atoms with van der Waals surface area (Å²) in [5.74, 6) is 0.940. The number of halogens is 1. The molecule has 0 aliphatic heterocycles. The van der Waals surface area contributed by atoms with Crippen LogP contribution in [0.1, 0.15) is 20.8 Å². The molecule has 1 atom stereocenters. The molecule has 0 radical (unpaired) electrons. The van der Waals surface area contributed by atoms with Gasteiger partial charge < -0.3 is 11.1 Å². The first-order valence-corrected chi connectivity index (χ1v) is 5.62. The van der Waals surface area contributed by atoms with Crippen LogP contribution in [-0.2, 0) is 6.54 Å². The molecule has 0 aromatic carbocycles. The molecule has 0 spiro atoms. The van der Waals surface area contributed by atoms with Gasteiger partial charge in [-0.05, 0) is 25.8 Å². The van der Waals surface area contributed by atoms with Crippen LogP contribution in [0.15, 0.2) is 23.5 Å². The second-order valence-corrected chi connectivity index (χ2v) is 4.36. The van der Waals surface area contributed by atoms with E-state index in [9.17, 15) is 0 Å². The van der Waals surface area contributed by atoms with E-state index < -0.39 is 0 Å². The SMILES string of the molecule is CC(CN=C(N)NC(C)C)Cn1cccn1.I. The highest BCUT2D eigenvalue weighted by Crippen LogP contribution is 1.99. The van der Waals surface area contributed by atoms with Crippen molar-refractivity contribution in [1.82, 2.24) is 15.1 Å². The maximum atomic E-state index is 5.71. The van der Waals surface area contributed by atoms with Gasteiger partial charge >= 0.3 is 0 Å². The topological polar surface area (TPSA) is 68.2 Å². The first-order chi connectivity index (χ1) is 7.58. The lowest BCUT2D eigenvalue weighted by molar-refractivity contribution is 0.458. The summed E-state index contributed by atoms with van der Waals surface area (Å²) in [6, 6.07) is 2.25. The lowest BCUT2D eigenvalue weighted by atomic mass is 10.2. The molecule has 98 valence electrons. The van der Waals surface area contributed by atoms with Gasteiger partial charge in [-0.15, -0.1) is 24.0 Å². The van der Waals surface area contributed by atoms with Gasteiger partial charge in [0, 0.05) is 31.5 Å². The number of nitrogens with two attached hydrogens (primary N) is 1. The minimum absolute atomic E-state index is 0. The molecule has 0 aliphatic rings. The average Bonchev–Trinajstić information content (AvgIpc) is 2.66. The van der Waals surface area contributed by atoms with E-state index in [4.69, 9.17) is 5.73 Å². The standard InChI is InChI=1S/C11H21N5.HI/c1-9(2)15-11(12)13-7-10(3)8-16-6-4-5-14-16;/h4-6,9-10H,7-8H2,1-3H3,(H3,12,13,15);1H. The molecule has 5 nitrogen and oxygen atoms in total. The molecule has 1 rings (SSSR count). The fourth-order valence-electron chi connectivity index (χ4n) is 1.38. The molecule has 0 saturated carbocycles. The Balaban J connectivity index is 0.00000256. The predicted molar refractivity (Wildman–Crippen MR) is 81.6 cm³/mol. The Labute approximate surface area is 120 Å². The van der Waals surface area contributed by atoms with E-state index in [-0.39, 0.29) is 24.0 Å². The van der Waals surface area contributed by atoms with Crippen LogP contribution in [0.25, 0.3) is 0 Å². The summed E-state index contributed by atoms with van der Waals surface area (Å²) in [7, 11) is 0. The van der Waals surface area contributed by atoms with Gasteiger partial charge in [0.15, 0.2) is 5.96 Å². The maximum absolute atomic E-state index is 5.71. The molecular weight excluding hydrogens is 329 g/mol. The van der Waals surface area contributed by atoms with Gasteiger partial charge in [-0.1, -0.05) is 6.92 Å². The molecule has 3 N–H and O–H groups in total. The molecule has 0 bridgehead atoms. The normalized spacial score (nSPS) is 13.3. The summed E-state index contributed by atoms with van der Waals surface area (Å²) < 4.78 is 1.91. The van der Waals surface area contributed by atoms with Gasteiger partial charge in [0.05, 0.1) is 0 Å². The molecule has 6 heteroatoms. The first kappa shape index (κ1) is 16.2. The van der Waals surface area contributed by atoms with Gasteiger partial charge in [0.25, 0.3) is 0 Å². The van der Waals surface area contributed by atoms with Gasteiger partial charge in [-0.25, -0.2) is 0 Å². The summed E-state index contributed by atoms with van der Waals surface area (Å²) >= 11 is 0. The number of nitrogens with one attached hydrogen (secondary N) is 1. The predicted octanol–water partition coefficient (Wildman–Crippen LogP) is 1.45. The Kier molecular flexibility index (Phi) is 7.94. The van der Waals surface area contributed by atoms with E-state index in [1.165, 1.54) is 0 Å². The second kappa shape index (κ2) is 8.32. The lowest BCUT2D eigenvalue weighted by Crippen LogP contribution is -2.37. The monoisotopic (exact) mass is 351 g/mol. The number of nitrogens with zero attached hydrogens (tertiary/aromatic N) is 3. The highest BCUT2D eigenvalue weighted by atomic mass is 127. The summed E-state index contributed by atoms with van der Waals surface area (Å²) in [4.78, 5) is 4.29. The zero-order valence-corrected chi connectivity index (χ0v) is 13.0. The Bertz CT molecular complexity index is 321. The maximum Gasteiger partial charge on any atom is 0.188 e. The Hall–Kier alpha value is -0.790. The van der Waals surface area contributed by atoms with E-state index in [2.05, 4.69) is 22.3 Å². The Morgan fingerprint density at radius 2 is 2.18 bits per heavy atom. The van der Waals surface area contributed by atoms with Gasteiger partial charge in [0.2, 0.25) is 0 Å². The van der Waals surface area contributed by atoms with Gasteiger partial charge in [0.1, 0.15) is 0 Å². The van der Waals surface area contributed by atoms with Crippen LogP contribution in [0.5, 0.6) is 0 Å². The third kappa shape index (κ3) is 7.19. The van der Waals surface area contributed by atoms with Crippen molar-refractivity contribution >= 4 is 29.9 Å². The van der Waals surface area contributed by atoms with Crippen molar-refractivity contribution in [3.8, 4) is 0 Å². The molecular formula is C11H22IN5. The third-order valence-electron chi connectivity index (χ3n) is 2.07. The molecule has 1 aromatic rings. The van der Waals surface area contributed by atoms with E-state index in [1.807, 2.05) is 30.8 Å². The highest BCUT2D eigenvalue weighted by Gasteiger charge is 2.03. The van der Waals surface area contributed by atoms with Crippen LogP contribution >= 0.6 is 24.0 Å². The molecule has 0 saturated heterocycles. The van der Waals surface area contributed by atoms with E-state index in [1.54, 1.807) is 6.20 Å². The minimum atomic E-state index is 0. The van der Waals surface area contributed by atoms with Gasteiger partial charge in [-0.2, -0.15) is 5.10 Å². The quantitative estimate of drug-likeness (QED) is 0.479. The molecule has 0 aliphatic carbocycles. The summed E-state index contributed by atoms with van der Waals surface area (Å²) in [5.41, 5.74) is 5.71. The fraction of sp³-hybridized carbons (Fsp3) is 0.636. The van der Waals surface area contributed by atoms with Crippen molar-refractivity contribution in [3.05, 3.63) is 18.5 Å². The van der Waals surface area contributed by atoms with Crippen LogP contribution in [-0.4, -0.2) is 28.3 Å². The van der Waals surface area contributed by atoms with Crippen LogP contribution in [0.4, 0.5) is 0 Å². The zero-order chi connectivity index (χ0) is 12.0. The average molecular weight is 351 g/mol. The summed E-state index contributed by atoms with van der Waals surface area (Å²) in [6.45, 7) is 7.79. The number of rotatable bonds is 5. The number of aliphatic imine (C=N–C) groups is 1. The van der Waals surface area contributed by atoms with Crippen LogP contribution < -0.4 is 11.1 Å². The van der Waals surface area contributed by atoms with Crippen molar-refractivity contribution in [2.45, 2.75) is 33.4 Å². The number of hydrogen-bond donors (Lipinski definition) is 2. The van der Waals surface area contributed by atoms with Crippen molar-refractivity contribution in [1.29, 1.82) is 0 Å². The molecule has 17 heavy (non-hydrogen) atoms. The van der Waals surface area contributed by atoms with Crippen molar-refractivity contribution in [2.75, 3.05) is 6.54 Å². The summed E-state index contributed by atoms with van der Waals surface area (Å²) in [6.07, 6.45) is 3.74. The van der Waals surface area contributed by atoms with Crippen molar-refractivity contribution < 1.29 is 0 Å². The molecule has 1 heterocycles. The lowest BCUT2D eigenvalue weighted by Gasteiger charge is -2.11. The van der Waals surface area contributed by atoms with Crippen LogP contribution in [0.3, 0.4) is 0 Å². The smallest absolute Gasteiger partial charge is 0.188 e. The Morgan fingerprint density at radius 3 is 2.71 bits per heavy atom. The third-order valence-corrected chi connectivity index (χ3v) is 2.07. The van der Waals surface area contributed by atoms with Crippen LogP contribution in [0.2, 0.25) is 0 Å². The van der Waals surface area contributed by atoms with Crippen molar-refractivity contribution in [3.63, 3.8) is 0 Å². The van der Waals surface area contributed by atoms with E-state index >= 15 is 0 Å². The van der Waals surface area contributed by atoms with E-state index in [0.29, 0.717) is 24.5 Å².